The first kappa shape index (κ1) is 19.4. The smallest absolute Gasteiger partial charge is 0.422 e. The van der Waals surface area contributed by atoms with E-state index in [0.717, 1.165) is 32.5 Å². The molecule has 28 heavy (non-hydrogen) atoms. The Morgan fingerprint density at radius 1 is 1.25 bits per heavy atom. The normalized spacial score (nSPS) is 24.5. The Labute approximate surface area is 165 Å². The van der Waals surface area contributed by atoms with Crippen molar-refractivity contribution in [3.8, 4) is 22.8 Å². The summed E-state index contributed by atoms with van der Waals surface area (Å²) in [5.74, 6) is 0.873. The number of phenolic OH excluding ortho intramolecular Hbond substituents is 1. The summed E-state index contributed by atoms with van der Waals surface area (Å²) in [4.78, 5) is 2.43. The summed E-state index contributed by atoms with van der Waals surface area (Å²) >= 11 is 5.97. The van der Waals surface area contributed by atoms with Crippen LogP contribution in [0.4, 0.5) is 13.2 Å². The number of rotatable bonds is 5. The minimum atomic E-state index is -4.45. The number of aromatic hydroxyl groups is 1. The number of benzene rings is 1. The Bertz CT molecular complexity index is 847. The molecule has 9 heteroatoms. The fourth-order valence-electron chi connectivity index (χ4n) is 4.16. The molecule has 152 valence electrons. The summed E-state index contributed by atoms with van der Waals surface area (Å²) in [7, 11) is 0. The summed E-state index contributed by atoms with van der Waals surface area (Å²) in [5.41, 5.74) is 0.965. The highest BCUT2D eigenvalue weighted by atomic mass is 35.5. The van der Waals surface area contributed by atoms with Gasteiger partial charge in [0.1, 0.15) is 5.75 Å². The van der Waals surface area contributed by atoms with Gasteiger partial charge in [0.15, 0.2) is 6.61 Å². The van der Waals surface area contributed by atoms with Gasteiger partial charge in [-0.1, -0.05) is 17.7 Å². The lowest BCUT2D eigenvalue weighted by atomic mass is 9.79. The monoisotopic (exact) mass is 415 g/mol. The van der Waals surface area contributed by atoms with Gasteiger partial charge >= 0.3 is 6.18 Å². The number of nitrogens with zero attached hydrogens (tertiary/aromatic N) is 3. The van der Waals surface area contributed by atoms with Crippen molar-refractivity contribution in [2.75, 3.05) is 26.2 Å². The van der Waals surface area contributed by atoms with E-state index in [0.29, 0.717) is 29.5 Å². The second-order valence-corrected chi connectivity index (χ2v) is 7.95. The summed E-state index contributed by atoms with van der Waals surface area (Å²) in [6.07, 6.45) is -0.441. The van der Waals surface area contributed by atoms with E-state index in [9.17, 15) is 18.3 Å². The zero-order chi connectivity index (χ0) is 19.9. The van der Waals surface area contributed by atoms with Crippen LogP contribution in [0.15, 0.2) is 24.4 Å². The van der Waals surface area contributed by atoms with E-state index in [1.807, 2.05) is 0 Å². The van der Waals surface area contributed by atoms with Crippen LogP contribution in [-0.4, -0.2) is 52.2 Å². The Hall–Kier alpha value is -1.93. The number of hydrogen-bond donors (Lipinski definition) is 1. The van der Waals surface area contributed by atoms with E-state index < -0.39 is 12.8 Å². The molecule has 1 unspecified atom stereocenters. The predicted octanol–water partition coefficient (Wildman–Crippen LogP) is 4.19. The third kappa shape index (κ3) is 4.22. The number of phenols is 1. The molecule has 1 aromatic carbocycles. The number of hydrogen-bond acceptors (Lipinski definition) is 4. The van der Waals surface area contributed by atoms with E-state index in [2.05, 4.69) is 10.00 Å². The molecule has 2 aromatic rings. The number of halogens is 4. The average Bonchev–Trinajstić information content (AvgIpc) is 3.05. The maximum absolute atomic E-state index is 12.7. The molecule has 1 aromatic heterocycles. The van der Waals surface area contributed by atoms with Crippen molar-refractivity contribution < 1.29 is 23.0 Å². The third-order valence-electron chi connectivity index (χ3n) is 5.57. The lowest BCUT2D eigenvalue weighted by Gasteiger charge is -2.44. The van der Waals surface area contributed by atoms with Gasteiger partial charge in [-0.05, 0) is 55.5 Å². The molecule has 5 rings (SSSR count). The third-order valence-corrected chi connectivity index (χ3v) is 5.87. The Morgan fingerprint density at radius 2 is 2.00 bits per heavy atom. The van der Waals surface area contributed by atoms with Crippen LogP contribution in [-0.2, 0) is 6.54 Å². The lowest BCUT2D eigenvalue weighted by molar-refractivity contribution is -0.154. The summed E-state index contributed by atoms with van der Waals surface area (Å²) < 4.78 is 44.6. The van der Waals surface area contributed by atoms with Crippen LogP contribution in [0.2, 0.25) is 5.02 Å². The lowest BCUT2D eigenvalue weighted by Crippen LogP contribution is -2.48. The molecular formula is C19H21ClF3N3O2. The first-order chi connectivity index (χ1) is 13.3. The van der Waals surface area contributed by atoms with Crippen LogP contribution in [0.5, 0.6) is 11.6 Å². The number of fused-ring (bicyclic) bond motifs is 3. The zero-order valence-electron chi connectivity index (χ0n) is 15.1. The van der Waals surface area contributed by atoms with Gasteiger partial charge in [0.25, 0.3) is 0 Å². The van der Waals surface area contributed by atoms with E-state index >= 15 is 0 Å². The fourth-order valence-corrected chi connectivity index (χ4v) is 4.34. The van der Waals surface area contributed by atoms with Gasteiger partial charge in [0.05, 0.1) is 10.6 Å². The molecule has 5 nitrogen and oxygen atoms in total. The molecule has 3 aliphatic heterocycles. The Morgan fingerprint density at radius 3 is 2.61 bits per heavy atom. The number of alkyl halides is 3. The zero-order valence-corrected chi connectivity index (χ0v) is 15.9. The van der Waals surface area contributed by atoms with Crippen LogP contribution >= 0.6 is 11.6 Å². The molecule has 0 radical (unpaired) electrons. The van der Waals surface area contributed by atoms with Crippen LogP contribution < -0.4 is 4.74 Å². The maximum atomic E-state index is 12.7. The molecule has 3 aliphatic rings. The van der Waals surface area contributed by atoms with E-state index in [1.54, 1.807) is 16.9 Å². The van der Waals surface area contributed by atoms with Gasteiger partial charge < -0.3 is 14.7 Å². The Balaban J connectivity index is 1.60. The van der Waals surface area contributed by atoms with Gasteiger partial charge in [-0.3, -0.25) is 4.68 Å². The molecule has 4 heterocycles. The van der Waals surface area contributed by atoms with Crippen molar-refractivity contribution in [2.45, 2.75) is 25.6 Å². The number of piperidine rings is 3. The molecule has 0 spiro atoms. The largest absolute Gasteiger partial charge is 0.506 e. The number of aromatic nitrogens is 2. The predicted molar refractivity (Wildman–Crippen MR) is 98.5 cm³/mol. The van der Waals surface area contributed by atoms with Crippen LogP contribution in [0.25, 0.3) is 11.1 Å². The highest BCUT2D eigenvalue weighted by Gasteiger charge is 2.35. The van der Waals surface area contributed by atoms with E-state index in [-0.39, 0.29) is 16.7 Å². The molecule has 3 saturated heterocycles. The van der Waals surface area contributed by atoms with Crippen molar-refractivity contribution in [1.29, 1.82) is 0 Å². The fraction of sp³-hybridized carbons (Fsp3) is 0.526. The summed E-state index contributed by atoms with van der Waals surface area (Å²) in [6, 6.07) is 4.47. The second-order valence-electron chi connectivity index (χ2n) is 7.54. The van der Waals surface area contributed by atoms with E-state index in [4.69, 9.17) is 16.3 Å². The molecule has 3 fully saturated rings. The van der Waals surface area contributed by atoms with Crippen molar-refractivity contribution in [3.63, 3.8) is 0 Å². The molecule has 1 atom stereocenters. The van der Waals surface area contributed by atoms with Gasteiger partial charge in [-0.15, -0.1) is 5.10 Å². The van der Waals surface area contributed by atoms with Crippen molar-refractivity contribution in [1.82, 2.24) is 14.7 Å². The molecule has 2 bridgehead atoms. The van der Waals surface area contributed by atoms with Gasteiger partial charge in [0.2, 0.25) is 5.88 Å². The summed E-state index contributed by atoms with van der Waals surface area (Å²) in [6.45, 7) is 2.45. The maximum Gasteiger partial charge on any atom is 0.422 e. The average molecular weight is 416 g/mol. The van der Waals surface area contributed by atoms with Gasteiger partial charge in [0, 0.05) is 19.3 Å². The topological polar surface area (TPSA) is 50.5 Å². The van der Waals surface area contributed by atoms with Crippen LogP contribution in [0.3, 0.4) is 0 Å². The Kier molecular flexibility index (Phi) is 5.18. The quantitative estimate of drug-likeness (QED) is 0.795. The van der Waals surface area contributed by atoms with Crippen LogP contribution in [0, 0.1) is 11.8 Å². The van der Waals surface area contributed by atoms with Crippen molar-refractivity contribution in [2.24, 2.45) is 11.8 Å². The minimum Gasteiger partial charge on any atom is -0.506 e. The standard InChI is InChI=1S/C19H21ClF3N3O2/c20-16-7-13(1-2-17(16)27)15-10-26(24-18(15)28-11-19(21,22)23)9-14-8-25-5-3-12(14)4-6-25/h1-2,7,10,12,14,27H,3-6,8-9,11H2. The molecule has 1 N–H and O–H groups in total. The van der Waals surface area contributed by atoms with Crippen molar-refractivity contribution >= 4 is 11.6 Å². The van der Waals surface area contributed by atoms with Gasteiger partial charge in [-0.25, -0.2) is 0 Å². The number of ether oxygens (including phenoxy) is 1. The highest BCUT2D eigenvalue weighted by molar-refractivity contribution is 6.32. The first-order valence-corrected chi connectivity index (χ1v) is 9.64. The van der Waals surface area contributed by atoms with E-state index in [1.165, 1.54) is 12.1 Å². The molecular weight excluding hydrogens is 395 g/mol. The SMILES string of the molecule is Oc1ccc(-c2cn(CC3CN4CCC3CC4)nc2OCC(F)(F)F)cc1Cl. The summed E-state index contributed by atoms with van der Waals surface area (Å²) in [5, 5.41) is 14.0. The first-order valence-electron chi connectivity index (χ1n) is 9.27. The van der Waals surface area contributed by atoms with Gasteiger partial charge in [-0.2, -0.15) is 13.2 Å². The van der Waals surface area contributed by atoms with Crippen LogP contribution in [0.1, 0.15) is 12.8 Å². The molecule has 0 saturated carbocycles. The highest BCUT2D eigenvalue weighted by Crippen LogP contribution is 2.37. The molecule has 0 aliphatic carbocycles. The second kappa shape index (κ2) is 7.48. The van der Waals surface area contributed by atoms with Crippen molar-refractivity contribution in [3.05, 3.63) is 29.4 Å². The molecule has 0 amide bonds. The minimum absolute atomic E-state index is 0.0830.